The monoisotopic (exact) mass is 262 g/mol. The van der Waals surface area contributed by atoms with Gasteiger partial charge < -0.3 is 5.11 Å². The summed E-state index contributed by atoms with van der Waals surface area (Å²) in [7, 11) is 0. The molecule has 0 aromatic heterocycles. The van der Waals surface area contributed by atoms with Crippen LogP contribution < -0.4 is 0 Å². The molecule has 1 nitrogen and oxygen atoms in total. The highest BCUT2D eigenvalue weighted by molar-refractivity contribution is 5.37. The Balaban J connectivity index is 2.32. The fraction of sp³-hybridized carbons (Fsp3) is 0.778. The number of hydrogen-bond acceptors (Lipinski definition) is 1. The lowest BCUT2D eigenvalue weighted by Crippen LogP contribution is -2.43. The number of aliphatic hydroxyl groups excluding tert-OH is 1. The third-order valence-corrected chi connectivity index (χ3v) is 5.56. The van der Waals surface area contributed by atoms with Crippen LogP contribution in [0.3, 0.4) is 0 Å². The predicted molar refractivity (Wildman–Crippen MR) is 82.0 cm³/mol. The van der Waals surface area contributed by atoms with Crippen LogP contribution in [0.2, 0.25) is 0 Å². The molecule has 0 unspecified atom stereocenters. The first-order valence-corrected chi connectivity index (χ1v) is 7.84. The van der Waals surface area contributed by atoms with Crippen molar-refractivity contribution in [1.82, 2.24) is 0 Å². The van der Waals surface area contributed by atoms with Crippen molar-refractivity contribution in [3.8, 4) is 0 Å². The number of rotatable bonds is 3. The maximum atomic E-state index is 9.61. The van der Waals surface area contributed by atoms with E-state index >= 15 is 0 Å². The molecule has 19 heavy (non-hydrogen) atoms. The summed E-state index contributed by atoms with van der Waals surface area (Å²) in [5.41, 5.74) is 3.77. The third-order valence-electron chi connectivity index (χ3n) is 5.56. The van der Waals surface area contributed by atoms with Crippen molar-refractivity contribution in [3.05, 3.63) is 23.3 Å². The van der Waals surface area contributed by atoms with Crippen molar-refractivity contribution >= 4 is 0 Å². The van der Waals surface area contributed by atoms with Gasteiger partial charge in [0.1, 0.15) is 0 Å². The van der Waals surface area contributed by atoms with Gasteiger partial charge in [-0.1, -0.05) is 50.5 Å². The van der Waals surface area contributed by atoms with Crippen molar-refractivity contribution in [2.45, 2.75) is 72.8 Å². The highest BCUT2D eigenvalue weighted by atomic mass is 16.3. The number of fused-ring (bicyclic) bond motifs is 1. The first kappa shape index (κ1) is 14.8. The summed E-state index contributed by atoms with van der Waals surface area (Å²) in [5, 5.41) is 9.61. The summed E-state index contributed by atoms with van der Waals surface area (Å²) >= 11 is 0. The molecule has 0 aromatic carbocycles. The Morgan fingerprint density at radius 3 is 2.63 bits per heavy atom. The fourth-order valence-electron chi connectivity index (χ4n) is 4.52. The minimum Gasteiger partial charge on any atom is -0.393 e. The second kappa shape index (κ2) is 5.09. The first-order chi connectivity index (χ1) is 8.77. The molecule has 1 saturated carbocycles. The van der Waals surface area contributed by atoms with Gasteiger partial charge in [0.2, 0.25) is 0 Å². The summed E-state index contributed by atoms with van der Waals surface area (Å²) in [6, 6.07) is 0. The smallest absolute Gasteiger partial charge is 0.0515 e. The molecule has 0 aromatic rings. The summed E-state index contributed by atoms with van der Waals surface area (Å²) in [4.78, 5) is 0. The maximum Gasteiger partial charge on any atom is 0.0515 e. The zero-order valence-electron chi connectivity index (χ0n) is 13.3. The second-order valence-electron chi connectivity index (χ2n) is 7.65. The van der Waals surface area contributed by atoms with Crippen molar-refractivity contribution in [2.24, 2.45) is 16.7 Å². The van der Waals surface area contributed by atoms with E-state index in [0.29, 0.717) is 16.7 Å². The zero-order chi connectivity index (χ0) is 14.3. The van der Waals surface area contributed by atoms with Crippen molar-refractivity contribution < 1.29 is 5.11 Å². The molecular formula is C18H30O. The highest BCUT2D eigenvalue weighted by Gasteiger charge is 2.48. The lowest BCUT2D eigenvalue weighted by atomic mass is 9.51. The summed E-state index contributed by atoms with van der Waals surface area (Å²) < 4.78 is 0. The Hall–Kier alpha value is -0.560. The quantitative estimate of drug-likeness (QED) is 0.769. The van der Waals surface area contributed by atoms with Crippen LogP contribution in [0.1, 0.15) is 66.7 Å². The average Bonchev–Trinajstić information content (AvgIpc) is 2.26. The van der Waals surface area contributed by atoms with E-state index in [-0.39, 0.29) is 6.10 Å². The SMILES string of the molecule is CC1=C(CC[C@@H](C)O)[C@@]2(C)CCCC(C)(C)[C@@H]2C=C1. The third kappa shape index (κ3) is 2.67. The van der Waals surface area contributed by atoms with E-state index in [0.717, 1.165) is 12.8 Å². The van der Waals surface area contributed by atoms with E-state index < -0.39 is 0 Å². The van der Waals surface area contributed by atoms with Gasteiger partial charge in [0, 0.05) is 0 Å². The minimum atomic E-state index is -0.190. The lowest BCUT2D eigenvalue weighted by molar-refractivity contribution is 0.0555. The number of allylic oxidation sites excluding steroid dienone is 4. The van der Waals surface area contributed by atoms with Gasteiger partial charge in [-0.05, 0) is 56.3 Å². The van der Waals surface area contributed by atoms with Gasteiger partial charge in [0.05, 0.1) is 6.10 Å². The Bertz CT molecular complexity index is 400. The number of hydrogen-bond donors (Lipinski definition) is 1. The van der Waals surface area contributed by atoms with Gasteiger partial charge in [-0.25, -0.2) is 0 Å². The molecule has 1 heteroatoms. The topological polar surface area (TPSA) is 20.2 Å². The van der Waals surface area contributed by atoms with Crippen LogP contribution in [-0.2, 0) is 0 Å². The van der Waals surface area contributed by atoms with E-state index in [1.165, 1.54) is 24.8 Å². The highest BCUT2D eigenvalue weighted by Crippen LogP contribution is 2.58. The Morgan fingerprint density at radius 1 is 1.32 bits per heavy atom. The lowest BCUT2D eigenvalue weighted by Gasteiger charge is -2.53. The Kier molecular flexibility index (Phi) is 3.97. The van der Waals surface area contributed by atoms with E-state index in [1.54, 1.807) is 5.57 Å². The molecule has 1 fully saturated rings. The summed E-state index contributed by atoms with van der Waals surface area (Å²) in [6.07, 6.45) is 10.5. The molecular weight excluding hydrogens is 232 g/mol. The molecule has 108 valence electrons. The van der Waals surface area contributed by atoms with Crippen LogP contribution >= 0.6 is 0 Å². The summed E-state index contributed by atoms with van der Waals surface area (Å²) in [6.45, 7) is 11.5. The van der Waals surface area contributed by atoms with E-state index in [2.05, 4.69) is 39.8 Å². The van der Waals surface area contributed by atoms with E-state index in [4.69, 9.17) is 0 Å². The first-order valence-electron chi connectivity index (χ1n) is 7.84. The van der Waals surface area contributed by atoms with Crippen LogP contribution in [0, 0.1) is 16.7 Å². The maximum absolute atomic E-state index is 9.61. The molecule has 0 radical (unpaired) electrons. The summed E-state index contributed by atoms with van der Waals surface area (Å²) in [5.74, 6) is 0.654. The van der Waals surface area contributed by atoms with Gasteiger partial charge >= 0.3 is 0 Å². The Morgan fingerprint density at radius 2 is 2.00 bits per heavy atom. The van der Waals surface area contributed by atoms with Gasteiger partial charge in [-0.15, -0.1) is 0 Å². The molecule has 2 rings (SSSR count). The minimum absolute atomic E-state index is 0.190. The van der Waals surface area contributed by atoms with E-state index in [1.807, 2.05) is 6.92 Å². The predicted octanol–water partition coefficient (Wildman–Crippen LogP) is 4.87. The zero-order valence-corrected chi connectivity index (χ0v) is 13.3. The molecule has 0 bridgehead atoms. The van der Waals surface area contributed by atoms with Crippen molar-refractivity contribution in [3.63, 3.8) is 0 Å². The van der Waals surface area contributed by atoms with Crippen molar-refractivity contribution in [2.75, 3.05) is 0 Å². The molecule has 0 heterocycles. The molecule has 2 aliphatic carbocycles. The van der Waals surface area contributed by atoms with Crippen molar-refractivity contribution in [1.29, 1.82) is 0 Å². The van der Waals surface area contributed by atoms with Crippen LogP contribution in [0.5, 0.6) is 0 Å². The molecule has 0 spiro atoms. The average molecular weight is 262 g/mol. The standard InChI is InChI=1S/C18H30O/c1-13-7-10-16-17(3,4)11-6-12-18(16,5)15(13)9-8-14(2)19/h7,10,14,16,19H,6,8-9,11-12H2,1-5H3/t14-,16+,18-/m1/s1. The van der Waals surface area contributed by atoms with Gasteiger partial charge in [0.25, 0.3) is 0 Å². The van der Waals surface area contributed by atoms with E-state index in [9.17, 15) is 5.11 Å². The Labute approximate surface area is 118 Å². The molecule has 0 amide bonds. The van der Waals surface area contributed by atoms with Gasteiger partial charge in [-0.2, -0.15) is 0 Å². The number of aliphatic hydroxyl groups is 1. The molecule has 1 N–H and O–H groups in total. The van der Waals surface area contributed by atoms with Gasteiger partial charge in [-0.3, -0.25) is 0 Å². The molecule has 2 aliphatic rings. The van der Waals surface area contributed by atoms with Crippen LogP contribution in [0.15, 0.2) is 23.3 Å². The molecule has 0 aliphatic heterocycles. The largest absolute Gasteiger partial charge is 0.393 e. The normalized spacial score (nSPS) is 35.2. The second-order valence-corrected chi connectivity index (χ2v) is 7.65. The molecule has 0 saturated heterocycles. The van der Waals surface area contributed by atoms with Crippen LogP contribution in [-0.4, -0.2) is 11.2 Å². The van der Waals surface area contributed by atoms with Gasteiger partial charge in [0.15, 0.2) is 0 Å². The molecule has 3 atom stereocenters. The van der Waals surface area contributed by atoms with Crippen LogP contribution in [0.4, 0.5) is 0 Å². The fourth-order valence-corrected chi connectivity index (χ4v) is 4.52. The van der Waals surface area contributed by atoms with Crippen LogP contribution in [0.25, 0.3) is 0 Å².